The molecular weight excluding hydrogens is 490 g/mol. The van der Waals surface area contributed by atoms with Gasteiger partial charge in [-0.3, -0.25) is 9.89 Å². The minimum Gasteiger partial charge on any atom is -0.349 e. The lowest BCUT2D eigenvalue weighted by Crippen LogP contribution is -2.38. The number of hydrogen-bond donors (Lipinski definition) is 3. The van der Waals surface area contributed by atoms with E-state index in [2.05, 4.69) is 35.9 Å². The van der Waals surface area contributed by atoms with Crippen LogP contribution in [0, 0.1) is 25.6 Å². The zero-order valence-corrected chi connectivity index (χ0v) is 21.5. The molecule has 9 nitrogen and oxygen atoms in total. The van der Waals surface area contributed by atoms with Gasteiger partial charge in [-0.1, -0.05) is 6.07 Å². The van der Waals surface area contributed by atoms with Crippen LogP contribution in [0.3, 0.4) is 0 Å². The number of carbonyl (C=O) groups excluding carboxylic acids is 1. The number of alkyl halides is 1. The van der Waals surface area contributed by atoms with Crippen molar-refractivity contribution in [2.45, 2.75) is 58.2 Å². The second-order valence-corrected chi connectivity index (χ2v) is 10.00. The van der Waals surface area contributed by atoms with E-state index in [1.54, 1.807) is 18.3 Å². The predicted octanol–water partition coefficient (Wildman–Crippen LogP) is 5.12. The van der Waals surface area contributed by atoms with Crippen LogP contribution in [0.4, 0.5) is 20.4 Å². The number of amides is 1. The van der Waals surface area contributed by atoms with Gasteiger partial charge in [-0.2, -0.15) is 10.2 Å². The smallest absolute Gasteiger partial charge is 0.223 e. The largest absolute Gasteiger partial charge is 0.349 e. The van der Waals surface area contributed by atoms with Crippen molar-refractivity contribution in [1.29, 1.82) is 0 Å². The third-order valence-electron chi connectivity index (χ3n) is 6.96. The number of nitrogens with one attached hydrogen (secondary N) is 3. The molecule has 1 atom stereocenters. The van der Waals surface area contributed by atoms with Gasteiger partial charge in [-0.05, 0) is 75.8 Å². The Morgan fingerprint density at radius 3 is 2.58 bits per heavy atom. The Kier molecular flexibility index (Phi) is 6.92. The highest BCUT2D eigenvalue weighted by atomic mass is 19.1. The van der Waals surface area contributed by atoms with Crippen molar-refractivity contribution in [3.63, 3.8) is 0 Å². The fourth-order valence-corrected chi connectivity index (χ4v) is 4.80. The normalized spacial score (nSPS) is 20.2. The lowest BCUT2D eigenvalue weighted by Gasteiger charge is -2.33. The first-order valence-electron chi connectivity index (χ1n) is 12.6. The third kappa shape index (κ3) is 5.56. The zero-order valence-electron chi connectivity index (χ0n) is 21.5. The quantitative estimate of drug-likeness (QED) is 0.312. The SMILES string of the molecule is Cc1cc(Nc2cc(C)[nH]n2)nc([C@]2(F)CC[C@@H](C(=O)N[C@@H](C)c3ccc(-n4cc(F)cn4)nc3)CC2)c1. The van der Waals surface area contributed by atoms with Crippen LogP contribution in [0.2, 0.25) is 0 Å². The van der Waals surface area contributed by atoms with Gasteiger partial charge in [0.15, 0.2) is 23.1 Å². The van der Waals surface area contributed by atoms with E-state index in [1.807, 2.05) is 39.0 Å². The molecule has 4 aromatic heterocycles. The molecule has 1 aliphatic rings. The fraction of sp³-hybridized carbons (Fsp3) is 0.370. The van der Waals surface area contributed by atoms with Gasteiger partial charge >= 0.3 is 0 Å². The third-order valence-corrected chi connectivity index (χ3v) is 6.96. The van der Waals surface area contributed by atoms with Crippen LogP contribution in [-0.2, 0) is 10.5 Å². The molecule has 0 aromatic carbocycles. The van der Waals surface area contributed by atoms with E-state index >= 15 is 4.39 Å². The highest BCUT2D eigenvalue weighted by molar-refractivity contribution is 5.79. The van der Waals surface area contributed by atoms with Crippen LogP contribution in [0.25, 0.3) is 5.82 Å². The van der Waals surface area contributed by atoms with Crippen LogP contribution in [0.1, 0.15) is 61.2 Å². The van der Waals surface area contributed by atoms with Crippen LogP contribution in [-0.4, -0.2) is 35.9 Å². The molecule has 1 saturated carbocycles. The highest BCUT2D eigenvalue weighted by Gasteiger charge is 2.40. The predicted molar refractivity (Wildman–Crippen MR) is 138 cm³/mol. The average molecular weight is 521 g/mol. The summed E-state index contributed by atoms with van der Waals surface area (Å²) >= 11 is 0. The number of halogens is 2. The summed E-state index contributed by atoms with van der Waals surface area (Å²) in [6.07, 6.45) is 5.27. The van der Waals surface area contributed by atoms with E-state index < -0.39 is 11.5 Å². The molecule has 0 saturated heterocycles. The summed E-state index contributed by atoms with van der Waals surface area (Å²) in [5.41, 5.74) is 1.39. The summed E-state index contributed by atoms with van der Waals surface area (Å²) in [4.78, 5) is 21.8. The summed E-state index contributed by atoms with van der Waals surface area (Å²) in [6, 6.07) is 8.73. The van der Waals surface area contributed by atoms with Crippen molar-refractivity contribution >= 4 is 17.5 Å². The van der Waals surface area contributed by atoms with Gasteiger partial charge < -0.3 is 10.6 Å². The maximum absolute atomic E-state index is 16.1. The van der Waals surface area contributed by atoms with E-state index in [-0.39, 0.29) is 30.7 Å². The van der Waals surface area contributed by atoms with E-state index in [1.165, 1.54) is 10.9 Å². The molecule has 38 heavy (non-hydrogen) atoms. The summed E-state index contributed by atoms with van der Waals surface area (Å²) in [5, 5.41) is 17.1. The van der Waals surface area contributed by atoms with Gasteiger partial charge in [0.25, 0.3) is 0 Å². The van der Waals surface area contributed by atoms with Crippen molar-refractivity contribution in [3.05, 3.63) is 77.3 Å². The van der Waals surface area contributed by atoms with E-state index in [0.29, 0.717) is 36.0 Å². The first-order chi connectivity index (χ1) is 18.2. The Morgan fingerprint density at radius 2 is 1.95 bits per heavy atom. The fourth-order valence-electron chi connectivity index (χ4n) is 4.80. The second kappa shape index (κ2) is 10.3. The first-order valence-corrected chi connectivity index (χ1v) is 12.6. The molecule has 0 aliphatic heterocycles. The van der Waals surface area contributed by atoms with Crippen LogP contribution < -0.4 is 10.6 Å². The van der Waals surface area contributed by atoms with Gasteiger partial charge in [0.1, 0.15) is 5.82 Å². The van der Waals surface area contributed by atoms with Crippen LogP contribution >= 0.6 is 0 Å². The maximum atomic E-state index is 16.1. The standard InChI is InChI=1S/C27H30F2N8O/c1-16-10-22(33-23(11-16)34-24-12-17(2)35-36-24)27(29)8-6-19(7-9-27)26(38)32-18(3)20-4-5-25(30-13-20)37-15-21(28)14-31-37/h4-5,10-15,18-19H,6-9H2,1-3H3,(H,32,38)(H2,33,34,35,36)/t18-,19-,27+/m0/s1. The average Bonchev–Trinajstić information content (AvgIpc) is 3.51. The Balaban J connectivity index is 1.19. The van der Waals surface area contributed by atoms with Gasteiger partial charge in [-0.15, -0.1) is 0 Å². The van der Waals surface area contributed by atoms with E-state index in [4.69, 9.17) is 0 Å². The minimum absolute atomic E-state index is 0.105. The molecule has 3 N–H and O–H groups in total. The molecule has 5 rings (SSSR count). The van der Waals surface area contributed by atoms with Gasteiger partial charge in [0.05, 0.1) is 24.1 Å². The summed E-state index contributed by atoms with van der Waals surface area (Å²) < 4.78 is 30.6. The molecule has 0 unspecified atom stereocenters. The summed E-state index contributed by atoms with van der Waals surface area (Å²) in [5.74, 6) is 0.802. The molecule has 0 bridgehead atoms. The topological polar surface area (TPSA) is 113 Å². The Bertz CT molecular complexity index is 1420. The lowest BCUT2D eigenvalue weighted by molar-refractivity contribution is -0.127. The molecule has 1 aliphatic carbocycles. The number of rotatable bonds is 7. The Morgan fingerprint density at radius 1 is 1.16 bits per heavy atom. The van der Waals surface area contributed by atoms with E-state index in [9.17, 15) is 9.18 Å². The number of aromatic amines is 1. The minimum atomic E-state index is -1.60. The number of pyridine rings is 2. The molecule has 1 fully saturated rings. The van der Waals surface area contributed by atoms with Crippen molar-refractivity contribution < 1.29 is 13.6 Å². The lowest BCUT2D eigenvalue weighted by atomic mass is 9.77. The number of hydrogen-bond acceptors (Lipinski definition) is 6. The van der Waals surface area contributed by atoms with Crippen molar-refractivity contribution in [2.75, 3.05) is 5.32 Å². The number of nitrogens with zero attached hydrogens (tertiary/aromatic N) is 5. The summed E-state index contributed by atoms with van der Waals surface area (Å²) in [6.45, 7) is 5.68. The molecular formula is C27H30F2N8O. The number of aromatic nitrogens is 6. The van der Waals surface area contributed by atoms with Crippen LogP contribution in [0.5, 0.6) is 0 Å². The van der Waals surface area contributed by atoms with Crippen LogP contribution in [0.15, 0.2) is 48.9 Å². The van der Waals surface area contributed by atoms with Crippen molar-refractivity contribution in [3.8, 4) is 5.82 Å². The van der Waals surface area contributed by atoms with Crippen molar-refractivity contribution in [2.24, 2.45) is 5.92 Å². The number of aryl methyl sites for hydroxylation is 2. The van der Waals surface area contributed by atoms with Gasteiger partial charge in [-0.25, -0.2) is 23.4 Å². The van der Waals surface area contributed by atoms with E-state index in [0.717, 1.165) is 23.0 Å². The maximum Gasteiger partial charge on any atom is 0.223 e. The van der Waals surface area contributed by atoms with Gasteiger partial charge in [0, 0.05) is 23.9 Å². The number of carbonyl (C=O) groups is 1. The summed E-state index contributed by atoms with van der Waals surface area (Å²) in [7, 11) is 0. The highest BCUT2D eigenvalue weighted by Crippen LogP contribution is 2.43. The van der Waals surface area contributed by atoms with Gasteiger partial charge in [0.2, 0.25) is 5.91 Å². The molecule has 4 heterocycles. The number of anilines is 2. The molecule has 11 heteroatoms. The second-order valence-electron chi connectivity index (χ2n) is 10.00. The molecule has 1 amide bonds. The molecule has 0 radical (unpaired) electrons. The molecule has 4 aromatic rings. The monoisotopic (exact) mass is 520 g/mol. The van der Waals surface area contributed by atoms with Crippen molar-refractivity contribution in [1.82, 2.24) is 35.3 Å². The zero-order chi connectivity index (χ0) is 26.9. The molecule has 0 spiro atoms. The Hall–Kier alpha value is -4.15. The number of H-pyrrole nitrogens is 1. The Labute approximate surface area is 219 Å². The molecule has 198 valence electrons. The first kappa shape index (κ1) is 25.5.